The van der Waals surface area contributed by atoms with Gasteiger partial charge in [0, 0.05) is 127 Å². The maximum absolute atomic E-state index is 15.4. The van der Waals surface area contributed by atoms with E-state index in [0.29, 0.717) is 17.0 Å². The number of phenols is 1. The van der Waals surface area contributed by atoms with Gasteiger partial charge >= 0.3 is 5.97 Å². The normalized spacial score (nSPS) is 34.8. The zero-order chi connectivity index (χ0) is 69.8. The van der Waals surface area contributed by atoms with Crippen molar-refractivity contribution in [1.29, 1.82) is 0 Å². The SMILES string of the molecule is CCCOC1CCC(c2ccc(C(=O)Oc3cc(C)cc(N4C(=O)C5CC(C4=O)C4C6CC(C(=O)N(c7cc(Oc8ccncc8)cc(N8C(=O)C9CC(C8=O)C8C%10CC(C(=O)N(c%11cc(O)cc(N%12C(=O)C%13CC(C%12=O)C%12C%14CC(C(=O)N(C)C%14=O)C%13%12)c%11)C%10=O)C98)c7)C6=O)C54)c3)cc2)CC1. The fourth-order valence-electron chi connectivity index (χ4n) is 21.8. The molecule has 18 unspecified atom stereocenters. The molecule has 7 aliphatic carbocycles. The van der Waals surface area contributed by atoms with E-state index in [1.165, 1.54) is 61.9 Å². The average Bonchev–Trinajstić information content (AvgIpc) is 1.55. The lowest BCUT2D eigenvalue weighted by Crippen LogP contribution is -2.53. The molecule has 0 radical (unpaired) electrons. The molecule has 24 nitrogen and oxygen atoms in total. The second kappa shape index (κ2) is 23.0. The summed E-state index contributed by atoms with van der Waals surface area (Å²) in [6, 6.07) is 23.2. The van der Waals surface area contributed by atoms with Crippen LogP contribution in [0.1, 0.15) is 105 Å². The first kappa shape index (κ1) is 63.1. The minimum Gasteiger partial charge on any atom is -0.508 e. The van der Waals surface area contributed by atoms with E-state index in [9.17, 15) is 38.7 Å². The van der Waals surface area contributed by atoms with Crippen LogP contribution in [0.15, 0.2) is 103 Å². The first-order valence-electron chi connectivity index (χ1n) is 35.5. The van der Waals surface area contributed by atoms with Crippen molar-refractivity contribution in [1.82, 2.24) is 9.88 Å². The Hall–Kier alpha value is -10.1. The fourth-order valence-corrected chi connectivity index (χ4v) is 21.8. The summed E-state index contributed by atoms with van der Waals surface area (Å²) in [6.07, 6.45) is 8.85. The van der Waals surface area contributed by atoms with Crippen molar-refractivity contribution in [2.45, 2.75) is 96.5 Å². The molecule has 18 rings (SSSR count). The van der Waals surface area contributed by atoms with Crippen LogP contribution in [0.5, 0.6) is 23.0 Å². The highest BCUT2D eigenvalue weighted by Gasteiger charge is 2.72. The fraction of sp³-hybridized carbons (Fsp3) is 0.455. The molecule has 101 heavy (non-hydrogen) atoms. The van der Waals surface area contributed by atoms with Crippen LogP contribution < -0.4 is 34.0 Å². The van der Waals surface area contributed by atoms with Gasteiger partial charge in [0.2, 0.25) is 70.9 Å². The Kier molecular flexibility index (Phi) is 14.3. The van der Waals surface area contributed by atoms with Crippen molar-refractivity contribution in [2.75, 3.05) is 38.2 Å². The number of fused-ring (bicyclic) bond motifs is 27. The molecule has 4 aromatic carbocycles. The van der Waals surface area contributed by atoms with Gasteiger partial charge in [-0.2, -0.15) is 0 Å². The average molecular weight is 1370 g/mol. The molecule has 6 saturated heterocycles. The highest BCUT2D eigenvalue weighted by molar-refractivity contribution is 6.26. The number of aromatic nitrogens is 1. The highest BCUT2D eigenvalue weighted by Crippen LogP contribution is 2.66. The number of carbonyl (C=O) groups excluding carboxylic acids is 13. The number of phenolic OH excluding ortho intramolecular Hbond substituents is 1. The van der Waals surface area contributed by atoms with Crippen molar-refractivity contribution >= 4 is 105 Å². The first-order chi connectivity index (χ1) is 48.6. The summed E-state index contributed by atoms with van der Waals surface area (Å²) in [5.74, 6) is -21.7. The Morgan fingerprint density at radius 1 is 0.426 bits per heavy atom. The summed E-state index contributed by atoms with van der Waals surface area (Å²) in [7, 11) is 1.41. The Balaban J connectivity index is 0.595. The third-order valence-corrected chi connectivity index (χ3v) is 25.7. The molecule has 18 atom stereocenters. The molecule has 1 aromatic heterocycles. The number of rotatable bonds is 13. The lowest BCUT2D eigenvalue weighted by molar-refractivity contribution is -0.153. The van der Waals surface area contributed by atoms with Gasteiger partial charge in [-0.15, -0.1) is 0 Å². The van der Waals surface area contributed by atoms with E-state index in [0.717, 1.165) is 73.7 Å². The largest absolute Gasteiger partial charge is 0.508 e. The number of nitrogens with zero attached hydrogens (tertiary/aromatic N) is 7. The van der Waals surface area contributed by atoms with Crippen LogP contribution >= 0.6 is 0 Å². The summed E-state index contributed by atoms with van der Waals surface area (Å²) in [5, 5.41) is 11.3. The molecule has 516 valence electrons. The van der Waals surface area contributed by atoms with Gasteiger partial charge in [-0.25, -0.2) is 29.3 Å². The lowest BCUT2D eigenvalue weighted by atomic mass is 9.82. The van der Waals surface area contributed by atoms with Crippen LogP contribution in [0.4, 0.5) is 28.4 Å². The van der Waals surface area contributed by atoms with E-state index < -0.39 is 177 Å². The number of esters is 1. The van der Waals surface area contributed by atoms with Crippen LogP contribution in [0, 0.1) is 113 Å². The summed E-state index contributed by atoms with van der Waals surface area (Å²) >= 11 is 0. The number of aromatic hydroxyl groups is 1. The summed E-state index contributed by atoms with van der Waals surface area (Å²) < 4.78 is 18.2. The van der Waals surface area contributed by atoms with E-state index in [-0.39, 0.29) is 102 Å². The number of likely N-dealkylation sites (tertiary alicyclic amines) is 1. The minimum atomic E-state index is -0.975. The number of piperidine rings is 6. The predicted octanol–water partition coefficient (Wildman–Crippen LogP) is 7.84. The zero-order valence-electron chi connectivity index (χ0n) is 55.5. The molecule has 0 spiro atoms. The summed E-state index contributed by atoms with van der Waals surface area (Å²) in [6.45, 7) is 4.61. The Morgan fingerprint density at radius 2 is 0.772 bits per heavy atom. The number of amides is 12. The number of benzene rings is 4. The molecule has 7 heterocycles. The molecule has 12 amide bonds. The van der Waals surface area contributed by atoms with Crippen molar-refractivity contribution in [3.8, 4) is 23.0 Å². The number of ether oxygens (including phenoxy) is 3. The number of hydrogen-bond acceptors (Lipinski definition) is 18. The molecular weight excluding hydrogens is 1290 g/mol. The molecule has 13 fully saturated rings. The quantitative estimate of drug-likeness (QED) is 0.0508. The molecular formula is C77H71N7O17. The van der Waals surface area contributed by atoms with Crippen LogP contribution in [-0.2, 0) is 62.3 Å². The standard InChI is InChI=1S/C77H71N7O17/c1-4-17-99-43-11-9-35(10-12-43)34-5-7-36(8-6-34)77(98)101-45-19-33(2)18-37(24-45)80-67(88)51-29-52(68(80)89)62-56-31-55(61(51)62)73(94)83(74(56)95)40-21-41(26-46(25-40)100-44-13-15-78-16-14-44)84-75(96)57-32-58(76(84)97)64-54-30-53(63(57)64)71(92)82(72(54)93)39-20-38(22-42(85)23-39)81-69(90)49-28-50(70(81)91)60-48-27-47(59(49)60)65(86)79(3)66(48)87/h5-8,13-16,18-26,35,43,47-64,85H,4,9-12,17,27-32H2,1-3H3. The number of anilines is 5. The monoisotopic (exact) mass is 1370 g/mol. The Morgan fingerprint density at radius 3 is 1.15 bits per heavy atom. The first-order valence-corrected chi connectivity index (χ1v) is 35.5. The van der Waals surface area contributed by atoms with Gasteiger partial charge in [-0.05, 0) is 179 Å². The summed E-state index contributed by atoms with van der Waals surface area (Å²) in [4.78, 5) is 201. The van der Waals surface area contributed by atoms with Crippen LogP contribution in [0.2, 0.25) is 0 Å². The smallest absolute Gasteiger partial charge is 0.343 e. The topological polar surface area (TPSA) is 302 Å². The van der Waals surface area contributed by atoms with Gasteiger partial charge in [-0.3, -0.25) is 67.4 Å². The number of hydrogen-bond donors (Lipinski definition) is 1. The number of pyridine rings is 1. The van der Waals surface area contributed by atoms with Crippen molar-refractivity contribution < 1.29 is 81.6 Å². The molecule has 1 N–H and O–H groups in total. The van der Waals surface area contributed by atoms with Gasteiger partial charge in [-0.1, -0.05) is 19.1 Å². The van der Waals surface area contributed by atoms with Crippen molar-refractivity contribution in [3.05, 3.63) is 120 Å². The second-order valence-corrected chi connectivity index (χ2v) is 30.5. The molecule has 7 saturated carbocycles. The maximum Gasteiger partial charge on any atom is 0.343 e. The van der Waals surface area contributed by atoms with Crippen LogP contribution in [0.3, 0.4) is 0 Å². The van der Waals surface area contributed by atoms with Gasteiger partial charge < -0.3 is 19.3 Å². The van der Waals surface area contributed by atoms with Gasteiger partial charge in [0.25, 0.3) is 0 Å². The molecule has 6 aliphatic heterocycles. The minimum absolute atomic E-state index is 0.0223. The zero-order valence-corrected chi connectivity index (χ0v) is 55.5. The van der Waals surface area contributed by atoms with Gasteiger partial charge in [0.1, 0.15) is 23.0 Å². The van der Waals surface area contributed by atoms with Gasteiger partial charge in [0.05, 0.1) is 40.1 Å². The number of aryl methyl sites for hydroxylation is 1. The number of imide groups is 6. The van der Waals surface area contributed by atoms with E-state index in [1.807, 2.05) is 12.1 Å². The third-order valence-electron chi connectivity index (χ3n) is 25.7. The van der Waals surface area contributed by atoms with E-state index in [1.54, 1.807) is 43.3 Å². The Labute approximate surface area is 578 Å². The summed E-state index contributed by atoms with van der Waals surface area (Å²) in [5.41, 5.74) is 1.94. The van der Waals surface area contributed by atoms with Gasteiger partial charge in [0.15, 0.2) is 0 Å². The van der Waals surface area contributed by atoms with E-state index in [4.69, 9.17) is 14.2 Å². The van der Waals surface area contributed by atoms with Crippen molar-refractivity contribution in [3.63, 3.8) is 0 Å². The molecule has 24 heteroatoms. The molecule has 12 bridgehead atoms. The molecule has 5 aromatic rings. The maximum atomic E-state index is 15.4. The van der Waals surface area contributed by atoms with Crippen LogP contribution in [-0.4, -0.2) is 112 Å². The second-order valence-electron chi connectivity index (χ2n) is 30.5. The predicted molar refractivity (Wildman–Crippen MR) is 353 cm³/mol. The lowest BCUT2D eigenvalue weighted by Gasteiger charge is -2.38. The Bertz CT molecular complexity index is 4450. The third kappa shape index (κ3) is 9.26. The number of carbonyl (C=O) groups is 13. The van der Waals surface area contributed by atoms with Crippen molar-refractivity contribution in [2.24, 2.45) is 107 Å². The molecule has 13 aliphatic rings. The van der Waals surface area contributed by atoms with E-state index >= 15 is 28.8 Å². The van der Waals surface area contributed by atoms with Crippen LogP contribution in [0.25, 0.3) is 0 Å². The van der Waals surface area contributed by atoms with E-state index in [2.05, 4.69) is 11.9 Å². The highest BCUT2D eigenvalue weighted by atomic mass is 16.5.